The van der Waals surface area contributed by atoms with Crippen LogP contribution >= 0.6 is 0 Å². The van der Waals surface area contributed by atoms with E-state index in [4.69, 9.17) is 0 Å². The summed E-state index contributed by atoms with van der Waals surface area (Å²) in [7, 11) is 1.63. The highest BCUT2D eigenvalue weighted by Crippen LogP contribution is 2.32. The monoisotopic (exact) mass is 300 g/mol. The van der Waals surface area contributed by atoms with Gasteiger partial charge >= 0.3 is 6.18 Å². The zero-order chi connectivity index (χ0) is 15.8. The lowest BCUT2D eigenvalue weighted by molar-refractivity contribution is -0.140. The normalized spacial score (nSPS) is 11.7. The van der Waals surface area contributed by atoms with Gasteiger partial charge in [-0.3, -0.25) is 9.48 Å². The zero-order valence-corrected chi connectivity index (χ0v) is 11.3. The average molecular weight is 300 g/mol. The van der Waals surface area contributed by atoms with Crippen molar-refractivity contribution >= 4 is 5.78 Å². The molecule has 0 aliphatic heterocycles. The number of ketones is 1. The third-order valence-corrected chi connectivity index (χ3v) is 3.02. The quantitative estimate of drug-likeness (QED) is 0.643. The van der Waals surface area contributed by atoms with Crippen LogP contribution in [0.3, 0.4) is 0 Å². The van der Waals surface area contributed by atoms with Crippen LogP contribution in [0.1, 0.15) is 34.1 Å². The van der Waals surface area contributed by atoms with Crippen LogP contribution < -0.4 is 0 Å². The van der Waals surface area contributed by atoms with E-state index in [1.165, 1.54) is 10.9 Å². The summed E-state index contributed by atoms with van der Waals surface area (Å²) in [5.74, 6) is -2.01. The number of aromatic nitrogens is 2. The summed E-state index contributed by atoms with van der Waals surface area (Å²) in [6.07, 6.45) is -2.82. The number of nitrogens with zero attached hydrogens (tertiary/aromatic N) is 2. The molecule has 0 fully saturated rings. The second-order valence-electron chi connectivity index (χ2n) is 4.54. The van der Waals surface area contributed by atoms with E-state index in [0.717, 1.165) is 6.07 Å². The van der Waals surface area contributed by atoms with Gasteiger partial charge in [-0.1, -0.05) is 13.0 Å². The number of hydrogen-bond donors (Lipinski definition) is 0. The molecule has 0 unspecified atom stereocenters. The van der Waals surface area contributed by atoms with Gasteiger partial charge in [0.05, 0.1) is 16.8 Å². The summed E-state index contributed by atoms with van der Waals surface area (Å²) >= 11 is 0. The van der Waals surface area contributed by atoms with Crippen LogP contribution in [0.2, 0.25) is 0 Å². The third-order valence-electron chi connectivity index (χ3n) is 3.02. The number of halogens is 4. The third kappa shape index (κ3) is 2.96. The molecule has 2 aromatic rings. The van der Waals surface area contributed by atoms with Crippen LogP contribution in [0.4, 0.5) is 17.6 Å². The maximum atomic E-state index is 13.5. The number of aryl methyl sites for hydroxylation is 2. The van der Waals surface area contributed by atoms with Crippen molar-refractivity contribution in [3.63, 3.8) is 0 Å². The molecule has 0 aliphatic rings. The molecule has 0 saturated heterocycles. The molecule has 3 nitrogen and oxygen atoms in total. The van der Waals surface area contributed by atoms with Crippen molar-refractivity contribution in [2.45, 2.75) is 19.5 Å². The van der Waals surface area contributed by atoms with Gasteiger partial charge in [0.1, 0.15) is 5.82 Å². The van der Waals surface area contributed by atoms with Gasteiger partial charge in [0.25, 0.3) is 0 Å². The van der Waals surface area contributed by atoms with Crippen molar-refractivity contribution in [2.75, 3.05) is 0 Å². The van der Waals surface area contributed by atoms with E-state index in [2.05, 4.69) is 5.10 Å². The minimum absolute atomic E-state index is 0.136. The minimum Gasteiger partial charge on any atom is -0.288 e. The first-order valence-electron chi connectivity index (χ1n) is 6.18. The maximum Gasteiger partial charge on any atom is 0.419 e. The molecule has 1 heterocycles. The second kappa shape index (κ2) is 5.31. The number of alkyl halides is 3. The van der Waals surface area contributed by atoms with E-state index < -0.39 is 23.3 Å². The second-order valence-corrected chi connectivity index (χ2v) is 4.54. The molecule has 21 heavy (non-hydrogen) atoms. The Morgan fingerprint density at radius 2 is 2.00 bits per heavy atom. The number of carbonyl (C=O) groups excluding carboxylic acids is 1. The molecule has 2 rings (SSSR count). The standard InChI is InChI=1S/C14H12F4N2O/c1-3-12-9(7-20(2)19-12)13(21)8-4-5-10(11(15)6-8)14(16,17)18/h4-7H,3H2,1-2H3. The number of benzene rings is 1. The Morgan fingerprint density at radius 3 is 2.52 bits per heavy atom. The summed E-state index contributed by atoms with van der Waals surface area (Å²) in [4.78, 5) is 12.3. The lowest BCUT2D eigenvalue weighted by Gasteiger charge is -2.09. The van der Waals surface area contributed by atoms with Crippen molar-refractivity contribution in [1.82, 2.24) is 9.78 Å². The van der Waals surface area contributed by atoms with Gasteiger partial charge in [-0.2, -0.15) is 18.3 Å². The summed E-state index contributed by atoms with van der Waals surface area (Å²) in [5.41, 5.74) is -0.744. The smallest absolute Gasteiger partial charge is 0.288 e. The fourth-order valence-electron chi connectivity index (χ4n) is 2.03. The van der Waals surface area contributed by atoms with Gasteiger partial charge in [-0.25, -0.2) is 4.39 Å². The summed E-state index contributed by atoms with van der Waals surface area (Å²) in [6, 6.07) is 2.16. The van der Waals surface area contributed by atoms with Crippen molar-refractivity contribution < 1.29 is 22.4 Å². The lowest BCUT2D eigenvalue weighted by Crippen LogP contribution is -2.10. The SMILES string of the molecule is CCc1nn(C)cc1C(=O)c1ccc(C(F)(F)F)c(F)c1. The molecule has 0 atom stereocenters. The molecule has 0 aliphatic carbocycles. The number of hydrogen-bond acceptors (Lipinski definition) is 2. The fourth-order valence-corrected chi connectivity index (χ4v) is 2.03. The van der Waals surface area contributed by atoms with Gasteiger partial charge in [0, 0.05) is 18.8 Å². The average Bonchev–Trinajstić information content (AvgIpc) is 2.77. The first kappa shape index (κ1) is 15.2. The Hall–Kier alpha value is -2.18. The predicted octanol–water partition coefficient (Wildman–Crippen LogP) is 3.37. The first-order chi connectivity index (χ1) is 9.74. The zero-order valence-electron chi connectivity index (χ0n) is 11.3. The Morgan fingerprint density at radius 1 is 1.33 bits per heavy atom. The molecule has 0 radical (unpaired) electrons. The summed E-state index contributed by atoms with van der Waals surface area (Å²) < 4.78 is 52.4. The van der Waals surface area contributed by atoms with Crippen LogP contribution in [-0.4, -0.2) is 15.6 Å². The molecule has 0 saturated carbocycles. The minimum atomic E-state index is -4.78. The molecular weight excluding hydrogens is 288 g/mol. The predicted molar refractivity (Wildman–Crippen MR) is 67.4 cm³/mol. The molecular formula is C14H12F4N2O. The van der Waals surface area contributed by atoms with E-state index >= 15 is 0 Å². The highest BCUT2D eigenvalue weighted by atomic mass is 19.4. The van der Waals surface area contributed by atoms with Crippen molar-refractivity contribution in [2.24, 2.45) is 7.05 Å². The Bertz CT molecular complexity index is 689. The topological polar surface area (TPSA) is 34.9 Å². The van der Waals surface area contributed by atoms with Crippen LogP contribution in [0.25, 0.3) is 0 Å². The van der Waals surface area contributed by atoms with E-state index in [9.17, 15) is 22.4 Å². The molecule has 112 valence electrons. The molecule has 1 aromatic carbocycles. The molecule has 0 amide bonds. The Kier molecular flexibility index (Phi) is 3.85. The first-order valence-corrected chi connectivity index (χ1v) is 6.18. The number of carbonyl (C=O) groups is 1. The van der Waals surface area contributed by atoms with Gasteiger partial charge in [0.2, 0.25) is 0 Å². The molecule has 0 spiro atoms. The molecule has 1 aromatic heterocycles. The van der Waals surface area contributed by atoms with Crippen molar-refractivity contribution in [3.05, 3.63) is 52.6 Å². The largest absolute Gasteiger partial charge is 0.419 e. The fraction of sp³-hybridized carbons (Fsp3) is 0.286. The van der Waals surface area contributed by atoms with Crippen LogP contribution in [0, 0.1) is 5.82 Å². The molecule has 0 N–H and O–H groups in total. The van der Waals surface area contributed by atoms with E-state index in [1.807, 2.05) is 0 Å². The lowest BCUT2D eigenvalue weighted by atomic mass is 10.0. The van der Waals surface area contributed by atoms with Crippen molar-refractivity contribution in [1.29, 1.82) is 0 Å². The van der Waals surface area contributed by atoms with E-state index in [-0.39, 0.29) is 11.1 Å². The number of rotatable bonds is 3. The Balaban J connectivity index is 2.43. The van der Waals surface area contributed by atoms with E-state index in [0.29, 0.717) is 24.2 Å². The van der Waals surface area contributed by atoms with Gasteiger partial charge < -0.3 is 0 Å². The van der Waals surface area contributed by atoms with Gasteiger partial charge in [0.15, 0.2) is 5.78 Å². The Labute approximate surface area is 118 Å². The highest BCUT2D eigenvalue weighted by Gasteiger charge is 2.34. The maximum absolute atomic E-state index is 13.5. The highest BCUT2D eigenvalue weighted by molar-refractivity contribution is 6.09. The van der Waals surface area contributed by atoms with Crippen LogP contribution in [-0.2, 0) is 19.6 Å². The van der Waals surface area contributed by atoms with Crippen LogP contribution in [0.5, 0.6) is 0 Å². The van der Waals surface area contributed by atoms with Crippen molar-refractivity contribution in [3.8, 4) is 0 Å². The summed E-state index contributed by atoms with van der Waals surface area (Å²) in [5, 5.41) is 4.08. The summed E-state index contributed by atoms with van der Waals surface area (Å²) in [6.45, 7) is 1.80. The van der Waals surface area contributed by atoms with Gasteiger partial charge in [-0.15, -0.1) is 0 Å². The molecule has 7 heteroatoms. The van der Waals surface area contributed by atoms with E-state index in [1.54, 1.807) is 14.0 Å². The van der Waals surface area contributed by atoms with Crippen LogP contribution in [0.15, 0.2) is 24.4 Å². The molecule has 0 bridgehead atoms. The van der Waals surface area contributed by atoms with Gasteiger partial charge in [-0.05, 0) is 18.6 Å².